The average molecular weight is 265 g/mol. The van der Waals surface area contributed by atoms with E-state index in [1.165, 1.54) is 12.8 Å². The van der Waals surface area contributed by atoms with E-state index in [9.17, 15) is 10.1 Å². The van der Waals surface area contributed by atoms with Crippen LogP contribution in [0.2, 0.25) is 0 Å². The van der Waals surface area contributed by atoms with E-state index in [4.69, 9.17) is 0 Å². The van der Waals surface area contributed by atoms with Crippen molar-refractivity contribution in [3.63, 3.8) is 0 Å². The van der Waals surface area contributed by atoms with E-state index < -0.39 is 5.54 Å². The van der Waals surface area contributed by atoms with E-state index >= 15 is 0 Å². The summed E-state index contributed by atoms with van der Waals surface area (Å²) in [6, 6.07) is 2.59. The van der Waals surface area contributed by atoms with Crippen LogP contribution in [0.4, 0.5) is 0 Å². The van der Waals surface area contributed by atoms with Crippen molar-refractivity contribution < 1.29 is 4.79 Å². The molecule has 0 aromatic rings. The van der Waals surface area contributed by atoms with Crippen molar-refractivity contribution in [1.29, 1.82) is 5.26 Å². The molecule has 0 saturated heterocycles. The highest BCUT2D eigenvalue weighted by atomic mass is 16.2. The van der Waals surface area contributed by atoms with E-state index in [-0.39, 0.29) is 23.8 Å². The Hall–Kier alpha value is -1.08. The third-order valence-electron chi connectivity index (χ3n) is 4.55. The Balaban J connectivity index is 2.47. The van der Waals surface area contributed by atoms with Crippen LogP contribution in [0, 0.1) is 22.7 Å². The van der Waals surface area contributed by atoms with Gasteiger partial charge in [-0.3, -0.25) is 4.79 Å². The summed E-state index contributed by atoms with van der Waals surface area (Å²) in [6.45, 7) is 10.4. The SMILES string of the molecule is CC(C)[C@@](C)(C#N)NC(=O)CN[C@H]1CCCC1(C)C. The van der Waals surface area contributed by atoms with Crippen molar-refractivity contribution in [1.82, 2.24) is 10.6 Å². The Morgan fingerprint density at radius 2 is 2.16 bits per heavy atom. The van der Waals surface area contributed by atoms with Gasteiger partial charge in [-0.15, -0.1) is 0 Å². The summed E-state index contributed by atoms with van der Waals surface area (Å²) in [6.07, 6.45) is 3.54. The molecule has 1 amide bonds. The van der Waals surface area contributed by atoms with Crippen LogP contribution in [-0.2, 0) is 4.79 Å². The van der Waals surface area contributed by atoms with Crippen molar-refractivity contribution in [2.45, 2.75) is 65.5 Å². The number of carbonyl (C=O) groups excluding carboxylic acids is 1. The lowest BCUT2D eigenvalue weighted by Gasteiger charge is -2.30. The Morgan fingerprint density at radius 1 is 1.53 bits per heavy atom. The van der Waals surface area contributed by atoms with E-state index in [1.54, 1.807) is 6.92 Å². The predicted octanol–water partition coefficient (Wildman–Crippen LogP) is 2.21. The van der Waals surface area contributed by atoms with Gasteiger partial charge < -0.3 is 10.6 Å². The molecule has 0 aliphatic heterocycles. The molecule has 0 spiro atoms. The number of nitrogens with zero attached hydrogens (tertiary/aromatic N) is 1. The van der Waals surface area contributed by atoms with Gasteiger partial charge in [-0.05, 0) is 31.1 Å². The molecular formula is C15H27N3O. The van der Waals surface area contributed by atoms with Gasteiger partial charge in [0.2, 0.25) is 5.91 Å². The Bertz CT molecular complexity index is 370. The Kier molecular flexibility index (Phi) is 4.98. The third kappa shape index (κ3) is 3.94. The molecule has 1 saturated carbocycles. The molecule has 0 heterocycles. The second kappa shape index (κ2) is 5.92. The van der Waals surface area contributed by atoms with Crippen LogP contribution in [-0.4, -0.2) is 24.0 Å². The Labute approximate surface area is 116 Å². The maximum atomic E-state index is 12.0. The molecule has 108 valence electrons. The molecule has 4 heteroatoms. The summed E-state index contributed by atoms with van der Waals surface area (Å²) >= 11 is 0. The molecule has 0 aromatic carbocycles. The number of nitrogens with one attached hydrogen (secondary N) is 2. The fraction of sp³-hybridized carbons (Fsp3) is 0.867. The van der Waals surface area contributed by atoms with Crippen molar-refractivity contribution in [2.75, 3.05) is 6.54 Å². The van der Waals surface area contributed by atoms with E-state index in [1.807, 2.05) is 13.8 Å². The zero-order valence-electron chi connectivity index (χ0n) is 12.8. The normalized spacial score (nSPS) is 24.8. The molecule has 1 fully saturated rings. The lowest BCUT2D eigenvalue weighted by molar-refractivity contribution is -0.122. The molecule has 1 aliphatic carbocycles. The van der Waals surface area contributed by atoms with Crippen LogP contribution in [0.15, 0.2) is 0 Å². The summed E-state index contributed by atoms with van der Waals surface area (Å²) in [5.74, 6) is -0.00942. The maximum Gasteiger partial charge on any atom is 0.235 e. The molecule has 19 heavy (non-hydrogen) atoms. The molecule has 2 N–H and O–H groups in total. The van der Waals surface area contributed by atoms with Crippen LogP contribution in [0.1, 0.15) is 53.9 Å². The Morgan fingerprint density at radius 3 is 2.58 bits per heavy atom. The number of hydrogen-bond donors (Lipinski definition) is 2. The topological polar surface area (TPSA) is 64.9 Å². The first kappa shape index (κ1) is 16.0. The van der Waals surface area contributed by atoms with Crippen molar-refractivity contribution in [2.24, 2.45) is 11.3 Å². The number of nitriles is 1. The van der Waals surface area contributed by atoms with Gasteiger partial charge in [0.25, 0.3) is 0 Å². The van der Waals surface area contributed by atoms with Gasteiger partial charge in [0.15, 0.2) is 0 Å². The molecule has 1 aliphatic rings. The molecular weight excluding hydrogens is 238 g/mol. The fourth-order valence-electron chi connectivity index (χ4n) is 2.56. The van der Waals surface area contributed by atoms with Crippen LogP contribution in [0.5, 0.6) is 0 Å². The lowest BCUT2D eigenvalue weighted by atomic mass is 9.87. The highest BCUT2D eigenvalue weighted by molar-refractivity contribution is 5.79. The number of carbonyl (C=O) groups is 1. The minimum atomic E-state index is -0.788. The summed E-state index contributed by atoms with van der Waals surface area (Å²) in [5, 5.41) is 15.3. The molecule has 0 unspecified atom stereocenters. The van der Waals surface area contributed by atoms with Gasteiger partial charge in [-0.1, -0.05) is 34.1 Å². The molecule has 4 nitrogen and oxygen atoms in total. The van der Waals surface area contributed by atoms with Crippen molar-refractivity contribution in [3.05, 3.63) is 0 Å². The van der Waals surface area contributed by atoms with Gasteiger partial charge in [0.05, 0.1) is 12.6 Å². The standard InChI is InChI=1S/C15H27N3O/c1-11(2)15(5,10-16)18-13(19)9-17-12-7-6-8-14(12,3)4/h11-12,17H,6-9H2,1-5H3,(H,18,19)/t12-,15+/m0/s1. The average Bonchev–Trinajstić information content (AvgIpc) is 2.65. The summed E-state index contributed by atoms with van der Waals surface area (Å²) in [7, 11) is 0. The lowest BCUT2D eigenvalue weighted by Crippen LogP contribution is -2.52. The van der Waals surface area contributed by atoms with Crippen LogP contribution < -0.4 is 10.6 Å². The van der Waals surface area contributed by atoms with Crippen LogP contribution in [0.3, 0.4) is 0 Å². The fourth-order valence-corrected chi connectivity index (χ4v) is 2.56. The molecule has 0 aromatic heterocycles. The van der Waals surface area contributed by atoms with E-state index in [0.717, 1.165) is 6.42 Å². The predicted molar refractivity (Wildman–Crippen MR) is 76.4 cm³/mol. The maximum absolute atomic E-state index is 12.0. The number of rotatable bonds is 5. The minimum absolute atomic E-state index is 0.0874. The van der Waals surface area contributed by atoms with Gasteiger partial charge in [-0.2, -0.15) is 5.26 Å². The molecule has 0 bridgehead atoms. The highest BCUT2D eigenvalue weighted by Crippen LogP contribution is 2.36. The zero-order chi connectivity index (χ0) is 14.7. The van der Waals surface area contributed by atoms with Crippen molar-refractivity contribution >= 4 is 5.91 Å². The summed E-state index contributed by atoms with van der Waals surface area (Å²) in [4.78, 5) is 12.0. The van der Waals surface area contributed by atoms with Crippen LogP contribution >= 0.6 is 0 Å². The van der Waals surface area contributed by atoms with Gasteiger partial charge >= 0.3 is 0 Å². The minimum Gasteiger partial charge on any atom is -0.337 e. The monoisotopic (exact) mass is 265 g/mol. The van der Waals surface area contributed by atoms with Gasteiger partial charge in [0, 0.05) is 6.04 Å². The first-order chi connectivity index (χ1) is 8.71. The number of hydrogen-bond acceptors (Lipinski definition) is 3. The smallest absolute Gasteiger partial charge is 0.235 e. The summed E-state index contributed by atoms with van der Waals surface area (Å²) in [5.41, 5.74) is -0.527. The molecule has 2 atom stereocenters. The van der Waals surface area contributed by atoms with E-state index in [2.05, 4.69) is 30.6 Å². The number of amides is 1. The van der Waals surface area contributed by atoms with Gasteiger partial charge in [-0.25, -0.2) is 0 Å². The van der Waals surface area contributed by atoms with Crippen LogP contribution in [0.25, 0.3) is 0 Å². The largest absolute Gasteiger partial charge is 0.337 e. The second-order valence-electron chi connectivity index (χ2n) is 6.83. The first-order valence-electron chi connectivity index (χ1n) is 7.17. The quantitative estimate of drug-likeness (QED) is 0.801. The van der Waals surface area contributed by atoms with Crippen molar-refractivity contribution in [3.8, 4) is 6.07 Å². The molecule has 0 radical (unpaired) electrons. The zero-order valence-corrected chi connectivity index (χ0v) is 12.8. The molecule has 1 rings (SSSR count). The van der Waals surface area contributed by atoms with E-state index in [0.29, 0.717) is 6.04 Å². The highest BCUT2D eigenvalue weighted by Gasteiger charge is 2.35. The van der Waals surface area contributed by atoms with Gasteiger partial charge in [0.1, 0.15) is 5.54 Å². The first-order valence-corrected chi connectivity index (χ1v) is 7.17. The summed E-state index contributed by atoms with van der Waals surface area (Å²) < 4.78 is 0. The third-order valence-corrected chi connectivity index (χ3v) is 4.55. The second-order valence-corrected chi connectivity index (χ2v) is 6.83.